The molecule has 0 fully saturated rings. The molecule has 2 heterocycles. The van der Waals surface area contributed by atoms with Crippen LogP contribution in [0.15, 0.2) is 35.7 Å². The molecule has 0 amide bonds. The first-order valence-electron chi connectivity index (χ1n) is 4.18. The molecule has 0 radical (unpaired) electrons. The highest BCUT2D eigenvalue weighted by Crippen LogP contribution is 2.45. The quantitative estimate of drug-likeness (QED) is 0.638. The van der Waals surface area contributed by atoms with E-state index in [2.05, 4.69) is 0 Å². The summed E-state index contributed by atoms with van der Waals surface area (Å²) in [6.45, 7) is 0. The highest BCUT2D eigenvalue weighted by molar-refractivity contribution is 7.55. The van der Waals surface area contributed by atoms with E-state index in [0.29, 0.717) is 0 Å². The molecule has 3 rings (SSSR count). The van der Waals surface area contributed by atoms with Crippen molar-refractivity contribution in [2.24, 2.45) is 0 Å². The van der Waals surface area contributed by atoms with E-state index in [0.717, 1.165) is 21.5 Å². The Morgan fingerprint density at radius 2 is 2.07 bits per heavy atom. The second-order valence-electron chi connectivity index (χ2n) is 2.98. The molecule has 1 atom stereocenters. The van der Waals surface area contributed by atoms with Gasteiger partial charge in [-0.05, 0) is 23.6 Å². The molecule has 0 spiro atoms. The molecule has 1 aliphatic rings. The molecule has 2 nitrogen and oxygen atoms in total. The molecule has 1 aromatic carbocycles. The van der Waals surface area contributed by atoms with Crippen molar-refractivity contribution in [1.82, 2.24) is 0 Å². The summed E-state index contributed by atoms with van der Waals surface area (Å²) in [5.41, 5.74) is 1.05. The van der Waals surface area contributed by atoms with Crippen molar-refractivity contribution in [3.05, 3.63) is 35.7 Å². The summed E-state index contributed by atoms with van der Waals surface area (Å²) < 4.78 is 5.33. The van der Waals surface area contributed by atoms with E-state index in [1.54, 1.807) is 11.3 Å². The third-order valence-electron chi connectivity index (χ3n) is 2.15. The van der Waals surface area contributed by atoms with E-state index >= 15 is 0 Å². The monoisotopic (exact) mass is 221 g/mol. The molecule has 0 saturated heterocycles. The van der Waals surface area contributed by atoms with E-state index in [1.165, 1.54) is 0 Å². The lowest BCUT2D eigenvalue weighted by atomic mass is 10.1. The summed E-state index contributed by atoms with van der Waals surface area (Å²) in [7, 11) is -1.70. The third-order valence-corrected chi connectivity index (χ3v) is 4.38. The summed E-state index contributed by atoms with van der Waals surface area (Å²) in [4.78, 5) is 12.7. The number of rotatable bonds is 0. The lowest BCUT2D eigenvalue weighted by Crippen LogP contribution is -2.18. The fourth-order valence-corrected chi connectivity index (χ4v) is 3.75. The van der Waals surface area contributed by atoms with Crippen molar-refractivity contribution >= 4 is 25.0 Å². The van der Waals surface area contributed by atoms with Crippen LogP contribution in [0.2, 0.25) is 0 Å². The summed E-state index contributed by atoms with van der Waals surface area (Å²) in [6.07, 6.45) is 0. The minimum Gasteiger partial charge on any atom is -0.794 e. The van der Waals surface area contributed by atoms with Gasteiger partial charge in [0, 0.05) is 24.1 Å². The number of hydrogen-bond acceptors (Lipinski definition) is 3. The van der Waals surface area contributed by atoms with Crippen molar-refractivity contribution in [3.8, 4) is 16.2 Å². The first-order chi connectivity index (χ1) is 6.86. The third kappa shape index (κ3) is 1.10. The normalized spacial score (nSPS) is 18.2. The molecule has 4 heteroatoms. The molecular weight excluding hydrogens is 215 g/mol. The molecule has 1 unspecified atom stereocenters. The van der Waals surface area contributed by atoms with Crippen LogP contribution in [0.3, 0.4) is 0 Å². The van der Waals surface area contributed by atoms with Gasteiger partial charge in [-0.3, -0.25) is 0 Å². The van der Waals surface area contributed by atoms with E-state index in [4.69, 9.17) is 4.52 Å². The molecule has 0 saturated carbocycles. The number of benzene rings is 1. The average Bonchev–Trinajstić information content (AvgIpc) is 2.67. The van der Waals surface area contributed by atoms with Crippen LogP contribution >= 0.6 is 19.7 Å². The molecule has 0 N–H and O–H groups in total. The molecule has 0 bridgehead atoms. The Morgan fingerprint density at radius 3 is 3.00 bits per heavy atom. The van der Waals surface area contributed by atoms with E-state index < -0.39 is 8.38 Å². The fraction of sp³-hybridized carbons (Fsp3) is 0. The lowest BCUT2D eigenvalue weighted by molar-refractivity contribution is -0.169. The molecule has 2 aromatic rings. The van der Waals surface area contributed by atoms with Gasteiger partial charge in [0.1, 0.15) is 5.75 Å². The molecule has 1 aromatic heterocycles. The Labute approximate surface area is 86.7 Å². The number of fused-ring (bicyclic) bond motifs is 3. The summed E-state index contributed by atoms with van der Waals surface area (Å²) in [6, 6.07) is 9.57. The minimum absolute atomic E-state index is 0.726. The van der Waals surface area contributed by atoms with Crippen LogP contribution in [0.25, 0.3) is 10.4 Å². The maximum atomic E-state index is 11.6. The zero-order valence-corrected chi connectivity index (χ0v) is 8.85. The zero-order valence-electron chi connectivity index (χ0n) is 7.14. The van der Waals surface area contributed by atoms with Crippen molar-refractivity contribution < 1.29 is 9.42 Å². The van der Waals surface area contributed by atoms with Crippen LogP contribution in [0.5, 0.6) is 5.75 Å². The molecule has 0 aliphatic carbocycles. The standard InChI is InChI=1S/C10H6O2PS/c11-13-9-5-6-14-10(9)7-3-1-2-4-8(7)12-13/h1-6H/q-1. The second kappa shape index (κ2) is 3.06. The lowest BCUT2D eigenvalue weighted by Gasteiger charge is -2.29. The van der Waals surface area contributed by atoms with Crippen molar-refractivity contribution in [3.63, 3.8) is 0 Å². The van der Waals surface area contributed by atoms with Crippen LogP contribution in [0, 0.1) is 0 Å². The second-order valence-corrected chi connectivity index (χ2v) is 5.07. The number of thiophene rings is 1. The minimum atomic E-state index is -1.70. The van der Waals surface area contributed by atoms with Crippen LogP contribution < -0.4 is 14.7 Å². The van der Waals surface area contributed by atoms with Crippen LogP contribution in [-0.4, -0.2) is 0 Å². The Hall–Kier alpha value is -0.890. The Morgan fingerprint density at radius 1 is 1.21 bits per heavy atom. The van der Waals surface area contributed by atoms with Gasteiger partial charge in [0.15, 0.2) is 0 Å². The molecule has 14 heavy (non-hydrogen) atoms. The Bertz CT molecular complexity index is 480. The first-order valence-corrected chi connectivity index (χ1v) is 6.24. The SMILES string of the molecule is [O-]P1Oc2ccccc2-c2sccc21. The predicted octanol–water partition coefficient (Wildman–Crippen LogP) is 2.10. The van der Waals surface area contributed by atoms with E-state index in [9.17, 15) is 4.89 Å². The average molecular weight is 221 g/mol. The summed E-state index contributed by atoms with van der Waals surface area (Å²) in [5, 5.41) is 2.77. The Kier molecular flexibility index (Phi) is 1.84. The highest BCUT2D eigenvalue weighted by Gasteiger charge is 2.20. The molecule has 1 aliphatic heterocycles. The first kappa shape index (κ1) is 8.42. The molecule has 70 valence electrons. The van der Waals surface area contributed by atoms with Gasteiger partial charge < -0.3 is 9.42 Å². The van der Waals surface area contributed by atoms with Gasteiger partial charge in [-0.25, -0.2) is 0 Å². The van der Waals surface area contributed by atoms with E-state index in [-0.39, 0.29) is 0 Å². The van der Waals surface area contributed by atoms with E-state index in [1.807, 2.05) is 35.7 Å². The van der Waals surface area contributed by atoms with Gasteiger partial charge in [-0.15, -0.1) is 11.3 Å². The van der Waals surface area contributed by atoms with Gasteiger partial charge in [0.05, 0.1) is 0 Å². The number of para-hydroxylation sites is 1. The maximum absolute atomic E-state index is 11.6. The number of hydrogen-bond donors (Lipinski definition) is 0. The highest BCUT2D eigenvalue weighted by atomic mass is 32.1. The topological polar surface area (TPSA) is 32.3 Å². The van der Waals surface area contributed by atoms with Gasteiger partial charge >= 0.3 is 0 Å². The van der Waals surface area contributed by atoms with Gasteiger partial charge in [0.2, 0.25) is 0 Å². The van der Waals surface area contributed by atoms with Gasteiger partial charge in [-0.2, -0.15) is 0 Å². The predicted molar refractivity (Wildman–Crippen MR) is 56.9 cm³/mol. The zero-order chi connectivity index (χ0) is 9.54. The molecular formula is C10H6O2PS-. The summed E-state index contributed by atoms with van der Waals surface area (Å²) in [5.74, 6) is 0.726. The van der Waals surface area contributed by atoms with Crippen LogP contribution in [0.1, 0.15) is 0 Å². The summed E-state index contributed by atoms with van der Waals surface area (Å²) >= 11 is 1.61. The van der Waals surface area contributed by atoms with Crippen LogP contribution in [-0.2, 0) is 0 Å². The van der Waals surface area contributed by atoms with Crippen molar-refractivity contribution in [2.45, 2.75) is 0 Å². The van der Waals surface area contributed by atoms with Crippen molar-refractivity contribution in [2.75, 3.05) is 0 Å². The largest absolute Gasteiger partial charge is 0.794 e. The van der Waals surface area contributed by atoms with Gasteiger partial charge in [-0.1, -0.05) is 12.1 Å². The maximum Gasteiger partial charge on any atom is 0.130 e. The Balaban J connectivity index is 2.29. The fourth-order valence-electron chi connectivity index (χ4n) is 1.52. The van der Waals surface area contributed by atoms with Crippen molar-refractivity contribution in [1.29, 1.82) is 0 Å². The smallest absolute Gasteiger partial charge is 0.130 e. The van der Waals surface area contributed by atoms with Crippen LogP contribution in [0.4, 0.5) is 0 Å². The van der Waals surface area contributed by atoms with Gasteiger partial charge in [0.25, 0.3) is 0 Å².